The molecule has 0 bridgehead atoms. The molecule has 0 aromatic heterocycles. The molecule has 6 heteroatoms. The fourth-order valence-electron chi connectivity index (χ4n) is 1.51. The minimum absolute atomic E-state index is 0.0776. The summed E-state index contributed by atoms with van der Waals surface area (Å²) in [6, 6.07) is 5.41. The Kier molecular flexibility index (Phi) is 5.62. The van der Waals surface area contributed by atoms with Gasteiger partial charge in [-0.3, -0.25) is 4.79 Å². The van der Waals surface area contributed by atoms with Crippen LogP contribution in [0, 0.1) is 5.82 Å². The minimum Gasteiger partial charge on any atom is -0.305 e. The summed E-state index contributed by atoms with van der Waals surface area (Å²) in [4.78, 5) is 13.6. The zero-order valence-corrected chi connectivity index (χ0v) is 11.9. The number of hydrogen-bond acceptors (Lipinski definition) is 4. The van der Waals surface area contributed by atoms with Crippen LogP contribution in [0.25, 0.3) is 0 Å². The second-order valence-corrected chi connectivity index (χ2v) is 6.87. The van der Waals surface area contributed by atoms with Gasteiger partial charge in [-0.05, 0) is 31.3 Å². The summed E-state index contributed by atoms with van der Waals surface area (Å²) in [5, 5.41) is 0. The average Bonchev–Trinajstić information content (AvgIpc) is 2.33. The van der Waals surface area contributed by atoms with Crippen LogP contribution >= 0.6 is 0 Å². The molecule has 0 saturated heterocycles. The van der Waals surface area contributed by atoms with E-state index in [0.29, 0.717) is 18.7 Å². The standard InChI is InChI=1S/C13H18FNO3S/c1-15(9-10-19(2,17)18)8-7-13(16)11-3-5-12(14)6-4-11/h3-6H,7-10H2,1-2H3. The highest BCUT2D eigenvalue weighted by Crippen LogP contribution is 2.06. The maximum Gasteiger partial charge on any atom is 0.164 e. The number of Topliss-reactive ketones (excluding diaryl/α,β-unsaturated/α-hetero) is 1. The van der Waals surface area contributed by atoms with E-state index in [4.69, 9.17) is 0 Å². The zero-order chi connectivity index (χ0) is 14.5. The van der Waals surface area contributed by atoms with Crippen molar-refractivity contribution >= 4 is 15.6 Å². The van der Waals surface area contributed by atoms with Gasteiger partial charge in [0.05, 0.1) is 5.75 Å². The monoisotopic (exact) mass is 287 g/mol. The summed E-state index contributed by atoms with van der Waals surface area (Å²) in [6.07, 6.45) is 1.47. The van der Waals surface area contributed by atoms with Gasteiger partial charge < -0.3 is 4.90 Å². The van der Waals surface area contributed by atoms with Gasteiger partial charge in [0.15, 0.2) is 5.78 Å². The van der Waals surface area contributed by atoms with Gasteiger partial charge in [0.2, 0.25) is 0 Å². The van der Waals surface area contributed by atoms with E-state index in [1.165, 1.54) is 30.5 Å². The van der Waals surface area contributed by atoms with Gasteiger partial charge in [0.1, 0.15) is 15.7 Å². The third-order valence-electron chi connectivity index (χ3n) is 2.73. The molecule has 0 N–H and O–H groups in total. The first-order valence-corrected chi connectivity index (χ1v) is 7.99. The number of carbonyl (C=O) groups excluding carboxylic acids is 1. The highest BCUT2D eigenvalue weighted by atomic mass is 32.2. The van der Waals surface area contributed by atoms with Gasteiger partial charge in [-0.1, -0.05) is 0 Å². The van der Waals surface area contributed by atoms with Crippen LogP contribution in [0.4, 0.5) is 4.39 Å². The van der Waals surface area contributed by atoms with Crippen LogP contribution in [0.15, 0.2) is 24.3 Å². The van der Waals surface area contributed by atoms with Crippen LogP contribution in [0.2, 0.25) is 0 Å². The number of sulfone groups is 1. The Bertz CT molecular complexity index is 525. The second kappa shape index (κ2) is 6.77. The summed E-state index contributed by atoms with van der Waals surface area (Å²) in [6.45, 7) is 0.876. The van der Waals surface area contributed by atoms with Crippen molar-refractivity contribution in [2.45, 2.75) is 6.42 Å². The first-order chi connectivity index (χ1) is 8.78. The van der Waals surface area contributed by atoms with E-state index in [-0.39, 0.29) is 23.8 Å². The topological polar surface area (TPSA) is 54.5 Å². The lowest BCUT2D eigenvalue weighted by Crippen LogP contribution is -2.27. The Morgan fingerprint density at radius 1 is 1.21 bits per heavy atom. The maximum absolute atomic E-state index is 12.7. The predicted molar refractivity (Wildman–Crippen MR) is 72.6 cm³/mol. The van der Waals surface area contributed by atoms with E-state index in [2.05, 4.69) is 0 Å². The number of ketones is 1. The SMILES string of the molecule is CN(CCC(=O)c1ccc(F)cc1)CCS(C)(=O)=O. The van der Waals surface area contributed by atoms with Gasteiger partial charge >= 0.3 is 0 Å². The largest absolute Gasteiger partial charge is 0.305 e. The van der Waals surface area contributed by atoms with Crippen LogP contribution in [0.3, 0.4) is 0 Å². The molecular formula is C13H18FNO3S. The summed E-state index contributed by atoms with van der Waals surface area (Å²) < 4.78 is 34.7. The Labute approximate surface area is 113 Å². The lowest BCUT2D eigenvalue weighted by atomic mass is 10.1. The fraction of sp³-hybridized carbons (Fsp3) is 0.462. The first kappa shape index (κ1) is 15.8. The summed E-state index contributed by atoms with van der Waals surface area (Å²) >= 11 is 0. The highest BCUT2D eigenvalue weighted by molar-refractivity contribution is 7.90. The number of carbonyl (C=O) groups is 1. The quantitative estimate of drug-likeness (QED) is 0.711. The average molecular weight is 287 g/mol. The molecule has 0 fully saturated rings. The highest BCUT2D eigenvalue weighted by Gasteiger charge is 2.09. The minimum atomic E-state index is -2.98. The zero-order valence-electron chi connectivity index (χ0n) is 11.1. The predicted octanol–water partition coefficient (Wildman–Crippen LogP) is 1.37. The van der Waals surface area contributed by atoms with Crippen molar-refractivity contribution in [1.29, 1.82) is 0 Å². The van der Waals surface area contributed by atoms with Crippen molar-refractivity contribution in [2.24, 2.45) is 0 Å². The van der Waals surface area contributed by atoms with E-state index >= 15 is 0 Å². The molecule has 0 aliphatic rings. The molecule has 0 unspecified atom stereocenters. The fourth-order valence-corrected chi connectivity index (χ4v) is 2.15. The number of hydrogen-bond donors (Lipinski definition) is 0. The molecule has 1 aromatic rings. The van der Waals surface area contributed by atoms with Crippen molar-refractivity contribution in [2.75, 3.05) is 32.1 Å². The van der Waals surface area contributed by atoms with E-state index in [9.17, 15) is 17.6 Å². The van der Waals surface area contributed by atoms with Gasteiger partial charge in [-0.2, -0.15) is 0 Å². The normalized spacial score (nSPS) is 11.8. The van der Waals surface area contributed by atoms with Gasteiger partial charge in [-0.15, -0.1) is 0 Å². The van der Waals surface area contributed by atoms with Crippen LogP contribution < -0.4 is 0 Å². The maximum atomic E-state index is 12.7. The van der Waals surface area contributed by atoms with Crippen molar-refractivity contribution in [1.82, 2.24) is 4.90 Å². The van der Waals surface area contributed by atoms with Crippen LogP contribution in [-0.4, -0.2) is 51.2 Å². The number of benzene rings is 1. The molecule has 19 heavy (non-hydrogen) atoms. The second-order valence-electron chi connectivity index (χ2n) is 4.61. The molecule has 0 saturated carbocycles. The Balaban J connectivity index is 2.40. The third-order valence-corrected chi connectivity index (χ3v) is 3.65. The van der Waals surface area contributed by atoms with Crippen LogP contribution in [0.5, 0.6) is 0 Å². The molecule has 0 atom stereocenters. The van der Waals surface area contributed by atoms with E-state index in [1.54, 1.807) is 11.9 Å². The smallest absolute Gasteiger partial charge is 0.164 e. The van der Waals surface area contributed by atoms with Crippen molar-refractivity contribution < 1.29 is 17.6 Å². The molecule has 4 nitrogen and oxygen atoms in total. The lowest BCUT2D eigenvalue weighted by Gasteiger charge is -2.15. The molecule has 0 aliphatic heterocycles. The molecule has 0 amide bonds. The summed E-state index contributed by atoms with van der Waals surface area (Å²) in [5.74, 6) is -0.373. The molecule has 0 heterocycles. The summed E-state index contributed by atoms with van der Waals surface area (Å²) in [5.41, 5.74) is 0.470. The van der Waals surface area contributed by atoms with E-state index in [1.807, 2.05) is 0 Å². The molecule has 0 radical (unpaired) electrons. The molecular weight excluding hydrogens is 269 g/mol. The molecule has 0 aliphatic carbocycles. The van der Waals surface area contributed by atoms with Crippen LogP contribution in [-0.2, 0) is 9.84 Å². The lowest BCUT2D eigenvalue weighted by molar-refractivity contribution is 0.0970. The van der Waals surface area contributed by atoms with E-state index in [0.717, 1.165) is 0 Å². The van der Waals surface area contributed by atoms with Gasteiger partial charge in [0.25, 0.3) is 0 Å². The first-order valence-electron chi connectivity index (χ1n) is 5.93. The number of rotatable bonds is 7. The van der Waals surface area contributed by atoms with Gasteiger partial charge in [0, 0.05) is 31.3 Å². The number of nitrogens with zero attached hydrogens (tertiary/aromatic N) is 1. The van der Waals surface area contributed by atoms with Crippen molar-refractivity contribution in [3.8, 4) is 0 Å². The van der Waals surface area contributed by atoms with Crippen molar-refractivity contribution in [3.63, 3.8) is 0 Å². The van der Waals surface area contributed by atoms with E-state index < -0.39 is 9.84 Å². The molecule has 106 valence electrons. The van der Waals surface area contributed by atoms with Gasteiger partial charge in [-0.25, -0.2) is 12.8 Å². The summed E-state index contributed by atoms with van der Waals surface area (Å²) in [7, 11) is -1.22. The molecule has 1 aromatic carbocycles. The Morgan fingerprint density at radius 3 is 2.32 bits per heavy atom. The molecule has 0 spiro atoms. The number of halogens is 1. The molecule has 1 rings (SSSR count). The van der Waals surface area contributed by atoms with Crippen molar-refractivity contribution in [3.05, 3.63) is 35.6 Å². The third kappa shape index (κ3) is 6.45. The van der Waals surface area contributed by atoms with Crippen LogP contribution in [0.1, 0.15) is 16.8 Å². The Hall–Kier alpha value is -1.27. The Morgan fingerprint density at radius 2 is 1.79 bits per heavy atom.